The van der Waals surface area contributed by atoms with Gasteiger partial charge in [0, 0.05) is 17.6 Å². The fourth-order valence-corrected chi connectivity index (χ4v) is 5.89. The van der Waals surface area contributed by atoms with E-state index in [0.29, 0.717) is 36.1 Å². The third-order valence-corrected chi connectivity index (χ3v) is 7.47. The quantitative estimate of drug-likeness (QED) is 0.707. The molecule has 3 aromatic rings. The Morgan fingerprint density at radius 1 is 0.929 bits per heavy atom. The Morgan fingerprint density at radius 3 is 2.46 bits per heavy atom. The number of anilines is 2. The average molecular weight is 417 g/mol. The van der Waals surface area contributed by atoms with Crippen molar-refractivity contribution in [2.24, 2.45) is 0 Å². The monoisotopic (exact) mass is 416 g/mol. The Kier molecular flexibility index (Phi) is 4.55. The Hall–Kier alpha value is -2.58. The number of benzene rings is 3. The molecule has 0 fully saturated rings. The summed E-state index contributed by atoms with van der Waals surface area (Å²) in [6.45, 7) is 0.437. The number of fused-ring (bicyclic) bond motifs is 2. The Labute approximate surface area is 164 Å². The number of nitrogens with one attached hydrogen (secondary N) is 1. The zero-order valence-corrected chi connectivity index (χ0v) is 16.9. The third kappa shape index (κ3) is 3.45. The lowest BCUT2D eigenvalue weighted by molar-refractivity contribution is 0.592. The van der Waals surface area contributed by atoms with E-state index in [1.807, 2.05) is 18.2 Å². The van der Waals surface area contributed by atoms with E-state index in [9.17, 15) is 16.8 Å². The van der Waals surface area contributed by atoms with E-state index in [2.05, 4.69) is 4.72 Å². The molecule has 0 unspecified atom stereocenters. The van der Waals surface area contributed by atoms with Gasteiger partial charge in [0.05, 0.1) is 16.8 Å². The predicted molar refractivity (Wildman–Crippen MR) is 112 cm³/mol. The summed E-state index contributed by atoms with van der Waals surface area (Å²) in [6.07, 6.45) is 2.57. The molecule has 4 rings (SSSR count). The van der Waals surface area contributed by atoms with Gasteiger partial charge in [0.1, 0.15) is 0 Å². The molecule has 0 spiro atoms. The first-order chi connectivity index (χ1) is 13.3. The molecule has 1 heterocycles. The zero-order valence-electron chi connectivity index (χ0n) is 15.3. The average Bonchev–Trinajstić information content (AvgIpc) is 2.66. The molecule has 0 aromatic heterocycles. The van der Waals surface area contributed by atoms with Crippen LogP contribution in [-0.2, 0) is 26.5 Å². The minimum atomic E-state index is -3.79. The fraction of sp³-hybridized carbons (Fsp3) is 0.200. The minimum Gasteiger partial charge on any atom is -0.280 e. The van der Waals surface area contributed by atoms with Gasteiger partial charge < -0.3 is 0 Å². The van der Waals surface area contributed by atoms with Crippen molar-refractivity contribution in [1.82, 2.24) is 0 Å². The van der Waals surface area contributed by atoms with Crippen LogP contribution in [-0.4, -0.2) is 29.6 Å². The van der Waals surface area contributed by atoms with Crippen LogP contribution >= 0.6 is 0 Å². The molecule has 1 aliphatic rings. The summed E-state index contributed by atoms with van der Waals surface area (Å²) in [5.41, 5.74) is 1.85. The standard InChI is InChI=1S/C20H20N2O4S2/c1-27(23,24)22-13-5-8-16-14-17(11-12-19(16)22)21-28(25,26)20-10-4-7-15-6-2-3-9-18(15)20/h2-4,6-7,9-12,14,21H,5,8,13H2,1H3. The van der Waals surface area contributed by atoms with Crippen LogP contribution in [0.1, 0.15) is 12.0 Å². The van der Waals surface area contributed by atoms with Crippen LogP contribution in [0.5, 0.6) is 0 Å². The van der Waals surface area contributed by atoms with Crippen LogP contribution < -0.4 is 9.03 Å². The summed E-state index contributed by atoms with van der Waals surface area (Å²) in [5.74, 6) is 0. The first-order valence-electron chi connectivity index (χ1n) is 8.87. The van der Waals surface area contributed by atoms with Crippen molar-refractivity contribution in [3.63, 3.8) is 0 Å². The van der Waals surface area contributed by atoms with Crippen molar-refractivity contribution in [3.05, 3.63) is 66.2 Å². The van der Waals surface area contributed by atoms with Crippen LogP contribution in [0.2, 0.25) is 0 Å². The smallest absolute Gasteiger partial charge is 0.262 e. The number of hydrogen-bond acceptors (Lipinski definition) is 4. The molecule has 1 N–H and O–H groups in total. The van der Waals surface area contributed by atoms with Crippen molar-refractivity contribution in [1.29, 1.82) is 0 Å². The van der Waals surface area contributed by atoms with E-state index in [-0.39, 0.29) is 4.90 Å². The molecule has 0 aliphatic carbocycles. The molecule has 6 nitrogen and oxygen atoms in total. The summed E-state index contributed by atoms with van der Waals surface area (Å²) in [4.78, 5) is 0.209. The highest BCUT2D eigenvalue weighted by Gasteiger charge is 2.25. The topological polar surface area (TPSA) is 83.6 Å². The third-order valence-electron chi connectivity index (χ3n) is 4.85. The lowest BCUT2D eigenvalue weighted by Crippen LogP contribution is -2.34. The summed E-state index contributed by atoms with van der Waals surface area (Å²) < 4.78 is 54.0. The maximum Gasteiger partial charge on any atom is 0.262 e. The van der Waals surface area contributed by atoms with Crippen molar-refractivity contribution < 1.29 is 16.8 Å². The lowest BCUT2D eigenvalue weighted by Gasteiger charge is -2.29. The molecular formula is C20H20N2O4S2. The van der Waals surface area contributed by atoms with Gasteiger partial charge in [-0.2, -0.15) is 0 Å². The number of hydrogen-bond donors (Lipinski definition) is 1. The van der Waals surface area contributed by atoms with Gasteiger partial charge in [-0.15, -0.1) is 0 Å². The van der Waals surface area contributed by atoms with Crippen LogP contribution in [0.25, 0.3) is 10.8 Å². The Morgan fingerprint density at radius 2 is 1.68 bits per heavy atom. The van der Waals surface area contributed by atoms with Crippen molar-refractivity contribution in [3.8, 4) is 0 Å². The van der Waals surface area contributed by atoms with E-state index < -0.39 is 20.0 Å². The number of rotatable bonds is 4. The largest absolute Gasteiger partial charge is 0.280 e. The maximum atomic E-state index is 13.0. The second-order valence-electron chi connectivity index (χ2n) is 6.86. The number of sulfonamides is 2. The SMILES string of the molecule is CS(=O)(=O)N1CCCc2cc(NS(=O)(=O)c3cccc4ccccc34)ccc21. The van der Waals surface area contributed by atoms with E-state index in [1.165, 1.54) is 10.6 Å². The second-order valence-corrected chi connectivity index (χ2v) is 10.4. The first kappa shape index (κ1) is 18.8. The van der Waals surface area contributed by atoms with Crippen LogP contribution in [0.3, 0.4) is 0 Å². The summed E-state index contributed by atoms with van der Waals surface area (Å²) in [5, 5.41) is 1.50. The molecule has 1 aliphatic heterocycles. The van der Waals surface area contributed by atoms with Gasteiger partial charge in [-0.1, -0.05) is 36.4 Å². The van der Waals surface area contributed by atoms with Gasteiger partial charge in [0.25, 0.3) is 10.0 Å². The van der Waals surface area contributed by atoms with Gasteiger partial charge in [0.2, 0.25) is 10.0 Å². The highest BCUT2D eigenvalue weighted by Crippen LogP contribution is 2.32. The van der Waals surface area contributed by atoms with E-state index >= 15 is 0 Å². The molecule has 0 amide bonds. The minimum absolute atomic E-state index is 0.209. The normalized spacial score (nSPS) is 14.7. The zero-order chi connectivity index (χ0) is 19.9. The maximum absolute atomic E-state index is 13.0. The van der Waals surface area contributed by atoms with Gasteiger partial charge >= 0.3 is 0 Å². The molecule has 28 heavy (non-hydrogen) atoms. The van der Waals surface area contributed by atoms with E-state index in [1.54, 1.807) is 42.5 Å². The van der Waals surface area contributed by atoms with E-state index in [0.717, 1.165) is 10.9 Å². The molecule has 146 valence electrons. The Bertz CT molecular complexity index is 1260. The highest BCUT2D eigenvalue weighted by molar-refractivity contribution is 7.93. The second kappa shape index (κ2) is 6.79. The lowest BCUT2D eigenvalue weighted by atomic mass is 10.0. The fourth-order valence-electron chi connectivity index (χ4n) is 3.61. The predicted octanol–water partition coefficient (Wildman–Crippen LogP) is 3.35. The highest BCUT2D eigenvalue weighted by atomic mass is 32.2. The molecule has 8 heteroatoms. The molecule has 3 aromatic carbocycles. The van der Waals surface area contributed by atoms with Crippen LogP contribution in [0.15, 0.2) is 65.6 Å². The van der Waals surface area contributed by atoms with Gasteiger partial charge in [0.15, 0.2) is 0 Å². The molecule has 0 atom stereocenters. The number of aryl methyl sites for hydroxylation is 1. The molecule has 0 saturated heterocycles. The first-order valence-corrected chi connectivity index (χ1v) is 12.2. The van der Waals surface area contributed by atoms with Crippen molar-refractivity contribution in [2.45, 2.75) is 17.7 Å². The van der Waals surface area contributed by atoms with Gasteiger partial charge in [-0.25, -0.2) is 16.8 Å². The van der Waals surface area contributed by atoms with Gasteiger partial charge in [-0.3, -0.25) is 9.03 Å². The van der Waals surface area contributed by atoms with Crippen molar-refractivity contribution >= 4 is 42.2 Å². The van der Waals surface area contributed by atoms with Crippen LogP contribution in [0.4, 0.5) is 11.4 Å². The summed E-state index contributed by atoms with van der Waals surface area (Å²) in [6, 6.07) is 17.5. The van der Waals surface area contributed by atoms with E-state index in [4.69, 9.17) is 0 Å². The van der Waals surface area contributed by atoms with Gasteiger partial charge in [-0.05, 0) is 48.1 Å². The summed E-state index contributed by atoms with van der Waals surface area (Å²) >= 11 is 0. The van der Waals surface area contributed by atoms with Crippen molar-refractivity contribution in [2.75, 3.05) is 21.8 Å². The van der Waals surface area contributed by atoms with Crippen LogP contribution in [0, 0.1) is 0 Å². The molecule has 0 bridgehead atoms. The number of nitrogens with zero attached hydrogens (tertiary/aromatic N) is 1. The summed E-state index contributed by atoms with van der Waals surface area (Å²) in [7, 11) is -7.15. The molecule has 0 saturated carbocycles. The Balaban J connectivity index is 1.71. The molecule has 0 radical (unpaired) electrons. The molecular weight excluding hydrogens is 396 g/mol.